The first kappa shape index (κ1) is 23.5. The van der Waals surface area contributed by atoms with E-state index in [1.165, 1.54) is 19.1 Å². The lowest BCUT2D eigenvalue weighted by atomic mass is 10.0. The van der Waals surface area contributed by atoms with E-state index in [2.05, 4.69) is 26.6 Å². The van der Waals surface area contributed by atoms with E-state index in [0.717, 1.165) is 21.2 Å². The molecule has 2 amide bonds. The minimum atomic E-state index is -0.404. The van der Waals surface area contributed by atoms with E-state index in [9.17, 15) is 14.0 Å². The van der Waals surface area contributed by atoms with Gasteiger partial charge in [0.25, 0.3) is 0 Å². The summed E-state index contributed by atoms with van der Waals surface area (Å²) in [5, 5.41) is 5.71. The molecule has 3 rings (SSSR count). The van der Waals surface area contributed by atoms with Crippen molar-refractivity contribution in [1.29, 1.82) is 0 Å². The molecule has 0 spiro atoms. The Morgan fingerprint density at radius 2 is 1.72 bits per heavy atom. The van der Waals surface area contributed by atoms with Gasteiger partial charge in [0.2, 0.25) is 11.8 Å². The van der Waals surface area contributed by atoms with E-state index >= 15 is 0 Å². The Labute approximate surface area is 195 Å². The molecule has 0 saturated heterocycles. The van der Waals surface area contributed by atoms with Crippen LogP contribution in [0.25, 0.3) is 0 Å². The normalized spacial score (nSPS) is 11.5. The molecule has 32 heavy (non-hydrogen) atoms. The van der Waals surface area contributed by atoms with Crippen LogP contribution >= 0.6 is 15.9 Å². The van der Waals surface area contributed by atoms with Gasteiger partial charge in [0, 0.05) is 17.9 Å². The highest BCUT2D eigenvalue weighted by Crippen LogP contribution is 2.20. The van der Waals surface area contributed by atoms with Gasteiger partial charge in [0.15, 0.2) is 0 Å². The van der Waals surface area contributed by atoms with Crippen LogP contribution in [0, 0.1) is 5.82 Å². The Morgan fingerprint density at radius 1 is 1.00 bits per heavy atom. The summed E-state index contributed by atoms with van der Waals surface area (Å²) >= 11 is 3.39. The minimum absolute atomic E-state index is 0.135. The van der Waals surface area contributed by atoms with Gasteiger partial charge in [-0.2, -0.15) is 0 Å². The Morgan fingerprint density at radius 3 is 2.38 bits per heavy atom. The maximum atomic E-state index is 13.2. The van der Waals surface area contributed by atoms with Crippen molar-refractivity contribution in [2.45, 2.75) is 32.5 Å². The number of hydrogen-bond donors (Lipinski definition) is 2. The molecule has 0 aliphatic carbocycles. The quantitative estimate of drug-likeness (QED) is 0.433. The molecule has 0 bridgehead atoms. The summed E-state index contributed by atoms with van der Waals surface area (Å²) < 4.78 is 19.8. The number of ether oxygens (including phenoxy) is 1. The van der Waals surface area contributed by atoms with E-state index in [4.69, 9.17) is 4.74 Å². The molecule has 2 N–H and O–H groups in total. The van der Waals surface area contributed by atoms with Crippen LogP contribution in [0.15, 0.2) is 77.3 Å². The third-order valence-electron chi connectivity index (χ3n) is 4.75. The van der Waals surface area contributed by atoms with E-state index in [-0.39, 0.29) is 30.7 Å². The molecule has 0 radical (unpaired) electrons. The molecule has 0 aliphatic heterocycles. The summed E-state index contributed by atoms with van der Waals surface area (Å²) in [5.41, 5.74) is 2.52. The molecule has 0 aromatic heterocycles. The monoisotopic (exact) mass is 498 g/mol. The molecule has 1 atom stereocenters. The molecule has 1 unspecified atom stereocenters. The Kier molecular flexibility index (Phi) is 8.39. The first-order valence-electron chi connectivity index (χ1n) is 10.1. The second-order valence-electron chi connectivity index (χ2n) is 7.35. The maximum Gasteiger partial charge on any atom is 0.222 e. The Balaban J connectivity index is 1.50. The topological polar surface area (TPSA) is 67.4 Å². The van der Waals surface area contributed by atoms with Gasteiger partial charge >= 0.3 is 0 Å². The molecular weight excluding hydrogens is 475 g/mol. The lowest BCUT2D eigenvalue weighted by molar-refractivity contribution is -0.122. The summed E-state index contributed by atoms with van der Waals surface area (Å²) in [6.45, 7) is 2.06. The largest absolute Gasteiger partial charge is 0.489 e. The minimum Gasteiger partial charge on any atom is -0.489 e. The number of amides is 2. The average Bonchev–Trinajstić information content (AvgIpc) is 2.77. The van der Waals surface area contributed by atoms with Gasteiger partial charge in [-0.15, -0.1) is 0 Å². The number of carbonyl (C=O) groups is 2. The summed E-state index contributed by atoms with van der Waals surface area (Å²) in [5.74, 6) is 0.000937. The fourth-order valence-electron chi connectivity index (χ4n) is 3.15. The summed E-state index contributed by atoms with van der Waals surface area (Å²) in [4.78, 5) is 24.0. The van der Waals surface area contributed by atoms with Gasteiger partial charge < -0.3 is 15.4 Å². The number of benzene rings is 3. The standard InChI is InChI=1S/C25H24BrFN2O3/c1-17(30)29-24(20-7-9-21(26)10-8-20)14-25(31)28-15-18-5-11-23(12-6-18)32-16-19-3-2-4-22(27)13-19/h2-13,24H,14-16H2,1H3,(H,28,31)(H,29,30). The van der Waals surface area contributed by atoms with Crippen LogP contribution in [0.5, 0.6) is 5.75 Å². The summed E-state index contributed by atoms with van der Waals surface area (Å²) in [6.07, 6.45) is 0.135. The van der Waals surface area contributed by atoms with E-state index in [1.807, 2.05) is 48.5 Å². The summed E-state index contributed by atoms with van der Waals surface area (Å²) in [6, 6.07) is 20.7. The molecule has 0 aliphatic rings. The van der Waals surface area contributed by atoms with Crippen LogP contribution in [0.4, 0.5) is 4.39 Å². The molecular formula is C25H24BrFN2O3. The molecule has 166 valence electrons. The van der Waals surface area contributed by atoms with Crippen LogP contribution in [0.2, 0.25) is 0 Å². The molecule has 5 nitrogen and oxygen atoms in total. The van der Waals surface area contributed by atoms with Crippen molar-refractivity contribution < 1.29 is 18.7 Å². The van der Waals surface area contributed by atoms with Crippen LogP contribution in [-0.2, 0) is 22.7 Å². The molecule has 0 saturated carbocycles. The molecule has 3 aromatic rings. The van der Waals surface area contributed by atoms with Crippen molar-refractivity contribution >= 4 is 27.7 Å². The number of hydrogen-bond acceptors (Lipinski definition) is 3. The highest BCUT2D eigenvalue weighted by molar-refractivity contribution is 9.10. The summed E-state index contributed by atoms with van der Waals surface area (Å²) in [7, 11) is 0. The van der Waals surface area contributed by atoms with Gasteiger partial charge in [-0.25, -0.2) is 4.39 Å². The fraction of sp³-hybridized carbons (Fsp3) is 0.200. The second kappa shape index (κ2) is 11.4. The van der Waals surface area contributed by atoms with Gasteiger partial charge in [-0.3, -0.25) is 9.59 Å². The zero-order valence-electron chi connectivity index (χ0n) is 17.6. The average molecular weight is 499 g/mol. The lowest BCUT2D eigenvalue weighted by Gasteiger charge is -2.18. The van der Waals surface area contributed by atoms with Crippen LogP contribution in [0.3, 0.4) is 0 Å². The Hall–Kier alpha value is -3.19. The van der Waals surface area contributed by atoms with Crippen molar-refractivity contribution in [2.24, 2.45) is 0 Å². The molecule has 0 heterocycles. The maximum absolute atomic E-state index is 13.2. The van der Waals surface area contributed by atoms with Gasteiger partial charge in [0.1, 0.15) is 18.2 Å². The fourth-order valence-corrected chi connectivity index (χ4v) is 3.41. The number of nitrogens with one attached hydrogen (secondary N) is 2. The van der Waals surface area contributed by atoms with Crippen molar-refractivity contribution in [1.82, 2.24) is 10.6 Å². The first-order valence-corrected chi connectivity index (χ1v) is 10.9. The lowest BCUT2D eigenvalue weighted by Crippen LogP contribution is -2.32. The second-order valence-corrected chi connectivity index (χ2v) is 8.26. The van der Waals surface area contributed by atoms with Gasteiger partial charge in [-0.05, 0) is 53.1 Å². The highest BCUT2D eigenvalue weighted by atomic mass is 79.9. The van der Waals surface area contributed by atoms with Gasteiger partial charge in [-0.1, -0.05) is 52.3 Å². The van der Waals surface area contributed by atoms with Gasteiger partial charge in [0.05, 0.1) is 12.5 Å². The smallest absolute Gasteiger partial charge is 0.222 e. The van der Waals surface area contributed by atoms with E-state index < -0.39 is 6.04 Å². The SMILES string of the molecule is CC(=O)NC(CC(=O)NCc1ccc(OCc2cccc(F)c2)cc1)c1ccc(Br)cc1. The first-order chi connectivity index (χ1) is 15.4. The van der Waals surface area contributed by atoms with Crippen molar-refractivity contribution in [3.8, 4) is 5.75 Å². The zero-order valence-corrected chi connectivity index (χ0v) is 19.2. The van der Waals surface area contributed by atoms with Crippen LogP contribution in [-0.4, -0.2) is 11.8 Å². The molecule has 0 fully saturated rings. The third kappa shape index (κ3) is 7.50. The highest BCUT2D eigenvalue weighted by Gasteiger charge is 2.17. The molecule has 7 heteroatoms. The number of halogens is 2. The van der Waals surface area contributed by atoms with E-state index in [1.54, 1.807) is 12.1 Å². The number of carbonyl (C=O) groups excluding carboxylic acids is 2. The Bertz CT molecular complexity index is 1060. The third-order valence-corrected chi connectivity index (χ3v) is 5.28. The predicted molar refractivity (Wildman–Crippen MR) is 124 cm³/mol. The van der Waals surface area contributed by atoms with Crippen molar-refractivity contribution in [3.63, 3.8) is 0 Å². The van der Waals surface area contributed by atoms with E-state index in [0.29, 0.717) is 12.3 Å². The van der Waals surface area contributed by atoms with Crippen molar-refractivity contribution in [2.75, 3.05) is 0 Å². The van der Waals surface area contributed by atoms with Crippen molar-refractivity contribution in [3.05, 3.63) is 99.8 Å². The molecule has 3 aromatic carbocycles. The van der Waals surface area contributed by atoms with Crippen LogP contribution < -0.4 is 15.4 Å². The van der Waals surface area contributed by atoms with Crippen LogP contribution in [0.1, 0.15) is 36.1 Å². The zero-order chi connectivity index (χ0) is 22.9. The predicted octanol–water partition coefficient (Wildman–Crippen LogP) is 5.05. The number of rotatable bonds is 9.